The van der Waals surface area contributed by atoms with Crippen LogP contribution in [0, 0.1) is 0 Å². The first-order chi connectivity index (χ1) is 7.59. The number of thioether (sulfide) groups is 1. The van der Waals surface area contributed by atoms with Crippen molar-refractivity contribution >= 4 is 23.6 Å². The first-order valence-corrected chi connectivity index (χ1v) is 6.38. The summed E-state index contributed by atoms with van der Waals surface area (Å²) in [6, 6.07) is 0. The first kappa shape index (κ1) is 11.7. The van der Waals surface area contributed by atoms with Gasteiger partial charge in [-0.3, -0.25) is 9.59 Å². The zero-order valence-electron chi connectivity index (χ0n) is 9.31. The van der Waals surface area contributed by atoms with Crippen LogP contribution in [0.25, 0.3) is 0 Å². The Kier molecular flexibility index (Phi) is 3.12. The second-order valence-electron chi connectivity index (χ2n) is 4.19. The van der Waals surface area contributed by atoms with Crippen molar-refractivity contribution in [2.24, 2.45) is 0 Å². The second kappa shape index (κ2) is 4.25. The lowest BCUT2D eigenvalue weighted by Crippen LogP contribution is -2.68. The third kappa shape index (κ3) is 1.80. The maximum atomic E-state index is 11.5. The molecule has 0 aliphatic carbocycles. The number of nitrogens with zero attached hydrogens (tertiary/aromatic N) is 2. The minimum Gasteiger partial charge on any atom is -0.396 e. The van der Waals surface area contributed by atoms with Crippen LogP contribution in [0.5, 0.6) is 0 Å². The van der Waals surface area contributed by atoms with Gasteiger partial charge in [0.2, 0.25) is 11.8 Å². The minimum absolute atomic E-state index is 0.0240. The molecule has 2 aliphatic heterocycles. The van der Waals surface area contributed by atoms with Gasteiger partial charge >= 0.3 is 0 Å². The summed E-state index contributed by atoms with van der Waals surface area (Å²) in [6.45, 7) is 3.46. The molecular weight excluding hydrogens is 228 g/mol. The standard InChI is InChI=1S/C10H16N2O3S/c1-8(14)12-3-5-16-10(12)6-11(7-10)9(15)2-4-13/h13H,2-7H2,1H3. The molecule has 5 nitrogen and oxygen atoms in total. The third-order valence-electron chi connectivity index (χ3n) is 3.11. The van der Waals surface area contributed by atoms with Crippen molar-refractivity contribution in [1.82, 2.24) is 9.80 Å². The van der Waals surface area contributed by atoms with E-state index in [1.54, 1.807) is 23.6 Å². The second-order valence-corrected chi connectivity index (χ2v) is 5.65. The molecule has 0 radical (unpaired) electrons. The van der Waals surface area contributed by atoms with Gasteiger partial charge < -0.3 is 14.9 Å². The van der Waals surface area contributed by atoms with Crippen molar-refractivity contribution in [3.8, 4) is 0 Å². The Bertz CT molecular complexity index is 315. The molecule has 2 saturated heterocycles. The summed E-state index contributed by atoms with van der Waals surface area (Å²) in [6.07, 6.45) is 0.181. The summed E-state index contributed by atoms with van der Waals surface area (Å²) < 4.78 is 0. The van der Waals surface area contributed by atoms with E-state index in [4.69, 9.17) is 5.11 Å². The zero-order valence-corrected chi connectivity index (χ0v) is 10.1. The first-order valence-electron chi connectivity index (χ1n) is 5.40. The largest absolute Gasteiger partial charge is 0.396 e. The Morgan fingerprint density at radius 1 is 1.44 bits per heavy atom. The van der Waals surface area contributed by atoms with Gasteiger partial charge in [0.25, 0.3) is 0 Å². The predicted molar refractivity (Wildman–Crippen MR) is 60.9 cm³/mol. The molecule has 90 valence electrons. The van der Waals surface area contributed by atoms with Crippen LogP contribution in [0.15, 0.2) is 0 Å². The third-order valence-corrected chi connectivity index (χ3v) is 4.51. The summed E-state index contributed by atoms with van der Waals surface area (Å²) in [5, 5.41) is 8.68. The zero-order chi connectivity index (χ0) is 11.8. The highest BCUT2D eigenvalue weighted by Gasteiger charge is 2.53. The number of likely N-dealkylation sites (tertiary alicyclic amines) is 1. The molecule has 2 rings (SSSR count). The highest BCUT2D eigenvalue weighted by Crippen LogP contribution is 2.43. The van der Waals surface area contributed by atoms with Gasteiger partial charge in [-0.05, 0) is 0 Å². The van der Waals surface area contributed by atoms with Crippen molar-refractivity contribution in [3.05, 3.63) is 0 Å². The molecule has 6 heteroatoms. The SMILES string of the molecule is CC(=O)N1CCSC12CN(C(=O)CCO)C2. The van der Waals surface area contributed by atoms with Gasteiger partial charge in [-0.15, -0.1) is 11.8 Å². The van der Waals surface area contributed by atoms with Gasteiger partial charge in [0.05, 0.1) is 19.7 Å². The Balaban J connectivity index is 1.95. The summed E-state index contributed by atoms with van der Waals surface area (Å²) in [7, 11) is 0. The van der Waals surface area contributed by atoms with Crippen LogP contribution in [-0.4, -0.2) is 63.6 Å². The fraction of sp³-hybridized carbons (Fsp3) is 0.800. The van der Waals surface area contributed by atoms with Crippen LogP contribution < -0.4 is 0 Å². The Hall–Kier alpha value is -0.750. The number of rotatable bonds is 2. The molecule has 0 aromatic rings. The van der Waals surface area contributed by atoms with Crippen LogP contribution in [-0.2, 0) is 9.59 Å². The highest BCUT2D eigenvalue weighted by molar-refractivity contribution is 8.01. The molecule has 2 aliphatic rings. The quantitative estimate of drug-likeness (QED) is 0.711. The van der Waals surface area contributed by atoms with Crippen molar-refractivity contribution in [2.75, 3.05) is 32.0 Å². The molecule has 0 unspecified atom stereocenters. The van der Waals surface area contributed by atoms with E-state index < -0.39 is 0 Å². The summed E-state index contributed by atoms with van der Waals surface area (Å²) >= 11 is 1.76. The van der Waals surface area contributed by atoms with Crippen LogP contribution >= 0.6 is 11.8 Å². The average Bonchev–Trinajstić information content (AvgIpc) is 2.59. The van der Waals surface area contributed by atoms with Gasteiger partial charge in [-0.2, -0.15) is 0 Å². The lowest BCUT2D eigenvalue weighted by molar-refractivity contribution is -0.147. The van der Waals surface area contributed by atoms with E-state index in [0.29, 0.717) is 13.1 Å². The molecule has 0 aromatic carbocycles. The minimum atomic E-state index is -0.170. The molecule has 0 atom stereocenters. The Labute approximate surface area is 98.8 Å². The maximum absolute atomic E-state index is 11.5. The Morgan fingerprint density at radius 3 is 2.69 bits per heavy atom. The topological polar surface area (TPSA) is 60.9 Å². The van der Waals surface area contributed by atoms with E-state index in [2.05, 4.69) is 0 Å². The number of aliphatic hydroxyl groups excluding tert-OH is 1. The van der Waals surface area contributed by atoms with Crippen molar-refractivity contribution < 1.29 is 14.7 Å². The number of hydrogen-bond donors (Lipinski definition) is 1. The maximum Gasteiger partial charge on any atom is 0.225 e. The molecule has 2 fully saturated rings. The van der Waals surface area contributed by atoms with E-state index in [1.165, 1.54) is 0 Å². The van der Waals surface area contributed by atoms with E-state index in [1.807, 2.05) is 4.90 Å². The predicted octanol–water partition coefficient (Wildman–Crippen LogP) is -0.497. The van der Waals surface area contributed by atoms with Crippen LogP contribution in [0.1, 0.15) is 13.3 Å². The molecule has 16 heavy (non-hydrogen) atoms. The fourth-order valence-corrected chi connectivity index (χ4v) is 3.82. The van der Waals surface area contributed by atoms with Crippen LogP contribution in [0.4, 0.5) is 0 Å². The smallest absolute Gasteiger partial charge is 0.225 e. The lowest BCUT2D eigenvalue weighted by Gasteiger charge is -2.51. The molecule has 1 spiro atoms. The van der Waals surface area contributed by atoms with E-state index in [-0.39, 0.29) is 29.7 Å². The fourth-order valence-electron chi connectivity index (χ4n) is 2.30. The average molecular weight is 244 g/mol. The van der Waals surface area contributed by atoms with Gasteiger partial charge in [-0.25, -0.2) is 0 Å². The van der Waals surface area contributed by atoms with Gasteiger partial charge in [-0.1, -0.05) is 0 Å². The van der Waals surface area contributed by atoms with Gasteiger partial charge in [0.1, 0.15) is 4.87 Å². The van der Waals surface area contributed by atoms with Gasteiger partial charge in [0, 0.05) is 25.6 Å². The monoisotopic (exact) mass is 244 g/mol. The summed E-state index contributed by atoms with van der Waals surface area (Å²) in [5.41, 5.74) is 0. The molecule has 2 heterocycles. The van der Waals surface area contributed by atoms with Crippen LogP contribution in [0.2, 0.25) is 0 Å². The molecule has 2 amide bonds. The Morgan fingerprint density at radius 2 is 2.12 bits per heavy atom. The van der Waals surface area contributed by atoms with Crippen LogP contribution in [0.3, 0.4) is 0 Å². The number of carbonyl (C=O) groups excluding carboxylic acids is 2. The van der Waals surface area contributed by atoms with Crippen molar-refractivity contribution in [1.29, 1.82) is 0 Å². The van der Waals surface area contributed by atoms with Crippen molar-refractivity contribution in [2.45, 2.75) is 18.2 Å². The number of aliphatic hydroxyl groups is 1. The summed E-state index contributed by atoms with van der Waals surface area (Å²) in [4.78, 5) is 26.3. The summed E-state index contributed by atoms with van der Waals surface area (Å²) in [5.74, 6) is 1.00. The molecule has 0 bridgehead atoms. The molecule has 1 N–H and O–H groups in total. The van der Waals surface area contributed by atoms with E-state index in [0.717, 1.165) is 12.3 Å². The van der Waals surface area contributed by atoms with Gasteiger partial charge in [0.15, 0.2) is 0 Å². The molecular formula is C10H16N2O3S. The highest BCUT2D eigenvalue weighted by atomic mass is 32.2. The lowest BCUT2D eigenvalue weighted by atomic mass is 10.1. The molecule has 0 aromatic heterocycles. The van der Waals surface area contributed by atoms with Crippen molar-refractivity contribution in [3.63, 3.8) is 0 Å². The number of carbonyl (C=O) groups is 2. The normalized spacial score (nSPS) is 22.4. The number of amides is 2. The molecule has 0 saturated carbocycles. The van der Waals surface area contributed by atoms with E-state index in [9.17, 15) is 9.59 Å². The number of hydrogen-bond acceptors (Lipinski definition) is 4. The van der Waals surface area contributed by atoms with E-state index >= 15 is 0 Å².